The van der Waals surface area contributed by atoms with Crippen LogP contribution in [0.15, 0.2) is 30.3 Å². The smallest absolute Gasteiger partial charge is 0.213 e. The topological polar surface area (TPSA) is 49.7 Å². The predicted octanol–water partition coefficient (Wildman–Crippen LogP) is 1.86. The van der Waals surface area contributed by atoms with Crippen molar-refractivity contribution in [3.63, 3.8) is 0 Å². The normalized spacial score (nSPS) is 39.1. The Balaban J connectivity index is 2.23. The SMILES string of the molecule is [2H]OC[P@@]1CO[C@@H](O[2H])[C@H]([2H])[C@@H]1c1ccccc1. The first-order valence-electron chi connectivity index (χ1n) is 6.20. The molecule has 2 rings (SSSR count). The van der Waals surface area contributed by atoms with Crippen molar-refractivity contribution in [2.45, 2.75) is 18.3 Å². The zero-order valence-corrected chi connectivity index (χ0v) is 9.10. The van der Waals surface area contributed by atoms with E-state index in [1.54, 1.807) is 0 Å². The highest BCUT2D eigenvalue weighted by atomic mass is 31.1. The van der Waals surface area contributed by atoms with E-state index in [2.05, 4.69) is 10.2 Å². The second-order valence-corrected chi connectivity index (χ2v) is 5.68. The molecule has 4 atom stereocenters. The van der Waals surface area contributed by atoms with Gasteiger partial charge in [-0.1, -0.05) is 30.3 Å². The Morgan fingerprint density at radius 2 is 2.40 bits per heavy atom. The quantitative estimate of drug-likeness (QED) is 0.775. The number of ether oxygens (including phenoxy) is 1. The zero-order valence-electron chi connectivity index (χ0n) is 11.2. The summed E-state index contributed by atoms with van der Waals surface area (Å²) >= 11 is 0. The Morgan fingerprint density at radius 1 is 1.53 bits per heavy atom. The minimum atomic E-state index is -0.834. The highest BCUT2D eigenvalue weighted by molar-refractivity contribution is 7.57. The average Bonchev–Trinajstić information content (AvgIpc) is 2.40. The van der Waals surface area contributed by atoms with Gasteiger partial charge in [0.2, 0.25) is 2.86 Å². The number of benzene rings is 1. The maximum atomic E-state index is 8.16. The summed E-state index contributed by atoms with van der Waals surface area (Å²) in [7, 11) is -0.766. The van der Waals surface area contributed by atoms with E-state index in [9.17, 15) is 0 Å². The van der Waals surface area contributed by atoms with E-state index < -0.39 is 20.6 Å². The summed E-state index contributed by atoms with van der Waals surface area (Å²) in [5.74, 6) is 0. The van der Waals surface area contributed by atoms with Crippen molar-refractivity contribution in [2.75, 3.05) is 12.7 Å². The van der Waals surface area contributed by atoms with Crippen LogP contribution in [-0.2, 0) is 4.74 Å². The van der Waals surface area contributed by atoms with Crippen LogP contribution >= 0.6 is 7.92 Å². The maximum Gasteiger partial charge on any atom is 0.213 e. The molecule has 1 aromatic rings. The summed E-state index contributed by atoms with van der Waals surface area (Å²) in [6.07, 6.45) is -0.832. The summed E-state index contributed by atoms with van der Waals surface area (Å²) in [5.41, 5.74) is 0.932. The van der Waals surface area contributed by atoms with Crippen LogP contribution < -0.4 is 0 Å². The Kier molecular flexibility index (Phi) is 2.60. The summed E-state index contributed by atoms with van der Waals surface area (Å²) in [6.45, 7) is 0. The second-order valence-electron chi connectivity index (χ2n) is 3.43. The molecule has 1 aliphatic heterocycles. The molecular weight excluding hydrogens is 211 g/mol. The first kappa shape index (κ1) is 7.75. The van der Waals surface area contributed by atoms with Crippen molar-refractivity contribution < 1.29 is 16.3 Å². The van der Waals surface area contributed by atoms with E-state index >= 15 is 0 Å². The molecule has 0 amide bonds. The molecular formula is C11H15O3P. The van der Waals surface area contributed by atoms with Gasteiger partial charge in [0.1, 0.15) is 0 Å². The summed E-state index contributed by atoms with van der Waals surface area (Å²) in [5, 5.41) is 8.92. The van der Waals surface area contributed by atoms with Gasteiger partial charge in [-0.3, -0.25) is 0 Å². The molecule has 1 saturated heterocycles. The van der Waals surface area contributed by atoms with Gasteiger partial charge in [-0.2, -0.15) is 0 Å². The average molecular weight is 229 g/mol. The lowest BCUT2D eigenvalue weighted by Crippen LogP contribution is -2.23. The number of hydrogen-bond donors (Lipinski definition) is 2. The first-order chi connectivity index (χ1) is 8.77. The lowest BCUT2D eigenvalue weighted by atomic mass is 10.1. The molecule has 1 heterocycles. The third-order valence-electron chi connectivity index (χ3n) is 2.44. The largest absolute Gasteiger partial charge is 0.392 e. The van der Waals surface area contributed by atoms with Crippen LogP contribution in [0.5, 0.6) is 0 Å². The molecule has 0 aliphatic carbocycles. The highest BCUT2D eigenvalue weighted by Crippen LogP contribution is 2.55. The Bertz CT molecular complexity index is 366. The van der Waals surface area contributed by atoms with Gasteiger partial charge in [-0.05, 0) is 13.5 Å². The van der Waals surface area contributed by atoms with Gasteiger partial charge in [-0.25, -0.2) is 0 Å². The van der Waals surface area contributed by atoms with E-state index in [0.29, 0.717) is 6.35 Å². The first-order valence-corrected chi connectivity index (χ1v) is 6.59. The Labute approximate surface area is 94.8 Å². The number of aliphatic hydroxyl groups excluding tert-OH is 2. The molecule has 1 aliphatic rings. The van der Waals surface area contributed by atoms with Gasteiger partial charge >= 0.3 is 0 Å². The summed E-state index contributed by atoms with van der Waals surface area (Å²) in [6, 6.07) is 9.67. The van der Waals surface area contributed by atoms with Gasteiger partial charge in [0.05, 0.1) is 12.7 Å². The molecule has 0 saturated carbocycles. The molecule has 15 heavy (non-hydrogen) atoms. The van der Waals surface area contributed by atoms with Crippen molar-refractivity contribution in [3.8, 4) is 0 Å². The molecule has 0 radical (unpaired) electrons. The second kappa shape index (κ2) is 5.04. The van der Waals surface area contributed by atoms with Crippen molar-refractivity contribution in [1.29, 1.82) is 2.86 Å². The van der Waals surface area contributed by atoms with Gasteiger partial charge in [0.15, 0.2) is 6.29 Å². The molecule has 4 heteroatoms. The molecule has 2 N–H and O–H groups in total. The van der Waals surface area contributed by atoms with E-state index in [-0.39, 0.29) is 12.0 Å². The fraction of sp³-hybridized carbons (Fsp3) is 0.455. The standard InChI is InChI=1S/C11H15O3P/c12-7-15-8-14-11(13)6-10(15)9-4-2-1-3-5-9/h1-5,10-13H,6-8H2/t10-,11-,15+/m1/s1/i6D,12D,13D/t6-,10-,11-,15+. The van der Waals surface area contributed by atoms with E-state index in [0.717, 1.165) is 5.56 Å². The lowest BCUT2D eigenvalue weighted by Gasteiger charge is -2.33. The van der Waals surface area contributed by atoms with Crippen molar-refractivity contribution >= 4 is 7.92 Å². The van der Waals surface area contributed by atoms with Crippen LogP contribution in [0.3, 0.4) is 0 Å². The minimum absolute atomic E-state index is 0.0874. The fourth-order valence-corrected chi connectivity index (χ4v) is 3.38. The molecule has 1 aromatic carbocycles. The molecule has 3 nitrogen and oxygen atoms in total. The van der Waals surface area contributed by atoms with Gasteiger partial charge in [0.25, 0.3) is 0 Å². The van der Waals surface area contributed by atoms with E-state index in [1.165, 1.54) is 0 Å². The highest BCUT2D eigenvalue weighted by Gasteiger charge is 2.30. The lowest BCUT2D eigenvalue weighted by molar-refractivity contribution is -0.0937. The van der Waals surface area contributed by atoms with Crippen LogP contribution in [0.4, 0.5) is 0 Å². The monoisotopic (exact) mass is 229 g/mol. The number of rotatable bonds is 4. The Hall–Kier alpha value is -0.470. The van der Waals surface area contributed by atoms with E-state index in [4.69, 9.17) is 8.97 Å². The molecule has 0 spiro atoms. The minimum Gasteiger partial charge on any atom is -0.392 e. The molecule has 0 bridgehead atoms. The van der Waals surface area contributed by atoms with Crippen LogP contribution in [0.1, 0.15) is 19.0 Å². The van der Waals surface area contributed by atoms with Crippen molar-refractivity contribution in [1.82, 2.24) is 0 Å². The van der Waals surface area contributed by atoms with Crippen LogP contribution in [0.2, 0.25) is 0 Å². The molecule has 0 aromatic heterocycles. The van der Waals surface area contributed by atoms with Crippen LogP contribution in [0.25, 0.3) is 0 Å². The van der Waals surface area contributed by atoms with Crippen LogP contribution in [0, 0.1) is 0 Å². The molecule has 0 unspecified atom stereocenters. The molecule has 1 fully saturated rings. The van der Waals surface area contributed by atoms with Crippen molar-refractivity contribution in [2.24, 2.45) is 0 Å². The fourth-order valence-electron chi connectivity index (χ4n) is 1.67. The van der Waals surface area contributed by atoms with Gasteiger partial charge < -0.3 is 15.0 Å². The maximum absolute atomic E-state index is 8.16. The number of hydrogen-bond acceptors (Lipinski definition) is 3. The molecule has 82 valence electrons. The predicted molar refractivity (Wildman–Crippen MR) is 59.8 cm³/mol. The Morgan fingerprint density at radius 3 is 3.13 bits per heavy atom. The van der Waals surface area contributed by atoms with Crippen molar-refractivity contribution in [3.05, 3.63) is 35.9 Å². The number of aliphatic hydroxyl groups is 2. The van der Waals surface area contributed by atoms with Gasteiger partial charge in [-0.15, -0.1) is 0 Å². The summed E-state index contributed by atoms with van der Waals surface area (Å²) in [4.78, 5) is 0. The zero-order chi connectivity index (χ0) is 13.0. The third kappa shape index (κ3) is 2.56. The summed E-state index contributed by atoms with van der Waals surface area (Å²) < 4.78 is 27.3. The third-order valence-corrected chi connectivity index (χ3v) is 4.51. The van der Waals surface area contributed by atoms with E-state index in [1.807, 2.05) is 30.3 Å². The van der Waals surface area contributed by atoms with Crippen LogP contribution in [-0.4, -0.2) is 32.1 Å². The van der Waals surface area contributed by atoms with Gasteiger partial charge in [0, 0.05) is 13.4 Å².